The van der Waals surface area contributed by atoms with Crippen molar-refractivity contribution < 1.29 is 14.7 Å². The zero-order valence-corrected chi connectivity index (χ0v) is 8.45. The van der Waals surface area contributed by atoms with E-state index in [1.165, 1.54) is 13.3 Å². The van der Waals surface area contributed by atoms with E-state index in [4.69, 9.17) is 5.11 Å². The average Bonchev–Trinajstić information content (AvgIpc) is 2.18. The standard InChI is InChI=1S/C10H17NO3/c1-7(10(13)14)9(12)11-8-5-3-2-4-6-8/h7-8H,2-6H2,1H3,(H,11,12)(H,13,14). The lowest BCUT2D eigenvalue weighted by Gasteiger charge is -2.23. The highest BCUT2D eigenvalue weighted by atomic mass is 16.4. The van der Waals surface area contributed by atoms with E-state index in [0.717, 1.165) is 25.7 Å². The first-order valence-corrected chi connectivity index (χ1v) is 5.14. The van der Waals surface area contributed by atoms with E-state index in [-0.39, 0.29) is 11.9 Å². The lowest BCUT2D eigenvalue weighted by molar-refractivity contribution is -0.146. The summed E-state index contributed by atoms with van der Waals surface area (Å²) < 4.78 is 0. The number of nitrogens with one attached hydrogen (secondary N) is 1. The monoisotopic (exact) mass is 199 g/mol. The van der Waals surface area contributed by atoms with Crippen molar-refractivity contribution in [3.63, 3.8) is 0 Å². The Morgan fingerprint density at radius 2 is 1.86 bits per heavy atom. The minimum atomic E-state index is -1.06. The molecular formula is C10H17NO3. The van der Waals surface area contributed by atoms with Gasteiger partial charge in [-0.3, -0.25) is 9.59 Å². The van der Waals surface area contributed by atoms with Crippen LogP contribution >= 0.6 is 0 Å². The van der Waals surface area contributed by atoms with E-state index in [0.29, 0.717) is 0 Å². The van der Waals surface area contributed by atoms with Crippen molar-refractivity contribution in [1.29, 1.82) is 0 Å². The van der Waals surface area contributed by atoms with Crippen molar-refractivity contribution >= 4 is 11.9 Å². The van der Waals surface area contributed by atoms with Gasteiger partial charge in [0.15, 0.2) is 0 Å². The van der Waals surface area contributed by atoms with Gasteiger partial charge in [-0.25, -0.2) is 0 Å². The molecular weight excluding hydrogens is 182 g/mol. The van der Waals surface area contributed by atoms with Crippen LogP contribution in [0.4, 0.5) is 0 Å². The summed E-state index contributed by atoms with van der Waals surface area (Å²) >= 11 is 0. The highest BCUT2D eigenvalue weighted by Gasteiger charge is 2.23. The lowest BCUT2D eigenvalue weighted by atomic mass is 9.95. The molecule has 0 saturated heterocycles. The zero-order valence-electron chi connectivity index (χ0n) is 8.45. The van der Waals surface area contributed by atoms with Crippen LogP contribution in [0.5, 0.6) is 0 Å². The molecule has 2 N–H and O–H groups in total. The largest absolute Gasteiger partial charge is 0.481 e. The van der Waals surface area contributed by atoms with E-state index in [2.05, 4.69) is 5.32 Å². The molecule has 4 heteroatoms. The van der Waals surface area contributed by atoms with Gasteiger partial charge >= 0.3 is 5.97 Å². The van der Waals surface area contributed by atoms with Crippen molar-refractivity contribution in [3.05, 3.63) is 0 Å². The molecule has 1 aliphatic rings. The van der Waals surface area contributed by atoms with Gasteiger partial charge in [-0.05, 0) is 19.8 Å². The summed E-state index contributed by atoms with van der Waals surface area (Å²) in [6.07, 6.45) is 5.45. The predicted octanol–water partition coefficient (Wildman–Crippen LogP) is 1.16. The van der Waals surface area contributed by atoms with Crippen LogP contribution in [0.25, 0.3) is 0 Å². The zero-order chi connectivity index (χ0) is 10.6. The number of rotatable bonds is 3. The van der Waals surface area contributed by atoms with Gasteiger partial charge in [-0.1, -0.05) is 19.3 Å². The van der Waals surface area contributed by atoms with E-state index < -0.39 is 11.9 Å². The number of carbonyl (C=O) groups is 2. The second kappa shape index (κ2) is 4.98. The molecule has 0 aromatic carbocycles. The first-order valence-electron chi connectivity index (χ1n) is 5.14. The summed E-state index contributed by atoms with van der Waals surface area (Å²) in [6.45, 7) is 1.42. The molecule has 0 heterocycles. The molecule has 1 saturated carbocycles. The second-order valence-electron chi connectivity index (χ2n) is 3.90. The molecule has 1 unspecified atom stereocenters. The molecule has 4 nitrogen and oxygen atoms in total. The smallest absolute Gasteiger partial charge is 0.315 e. The SMILES string of the molecule is CC(C(=O)O)C(=O)NC1CCCCC1. The summed E-state index contributed by atoms with van der Waals surface area (Å²) in [6, 6.07) is 0.193. The van der Waals surface area contributed by atoms with Gasteiger partial charge < -0.3 is 10.4 Å². The Morgan fingerprint density at radius 1 is 1.29 bits per heavy atom. The van der Waals surface area contributed by atoms with Gasteiger partial charge in [-0.15, -0.1) is 0 Å². The molecule has 0 aromatic rings. The number of carboxylic acid groups (broad SMARTS) is 1. The summed E-state index contributed by atoms with van der Waals surface area (Å²) in [7, 11) is 0. The normalized spacial score (nSPS) is 20.1. The number of hydrogen-bond donors (Lipinski definition) is 2. The maximum Gasteiger partial charge on any atom is 0.315 e. The molecule has 0 aliphatic heterocycles. The molecule has 0 bridgehead atoms. The van der Waals surface area contributed by atoms with Crippen LogP contribution in [-0.4, -0.2) is 23.0 Å². The summed E-state index contributed by atoms with van der Waals surface area (Å²) in [4.78, 5) is 21.9. The maximum absolute atomic E-state index is 11.4. The fourth-order valence-electron chi connectivity index (χ4n) is 1.69. The molecule has 0 radical (unpaired) electrons. The highest BCUT2D eigenvalue weighted by Crippen LogP contribution is 2.17. The van der Waals surface area contributed by atoms with E-state index in [9.17, 15) is 9.59 Å². The van der Waals surface area contributed by atoms with E-state index in [1.807, 2.05) is 0 Å². The van der Waals surface area contributed by atoms with Crippen LogP contribution < -0.4 is 5.32 Å². The summed E-state index contributed by atoms with van der Waals surface area (Å²) in [5.74, 6) is -2.35. The number of aliphatic carboxylic acids is 1. The van der Waals surface area contributed by atoms with Gasteiger partial charge in [0.25, 0.3) is 0 Å². The summed E-state index contributed by atoms with van der Waals surface area (Å²) in [5.41, 5.74) is 0. The highest BCUT2D eigenvalue weighted by molar-refractivity contribution is 5.96. The quantitative estimate of drug-likeness (QED) is 0.670. The van der Waals surface area contributed by atoms with Crippen molar-refractivity contribution in [2.24, 2.45) is 5.92 Å². The van der Waals surface area contributed by atoms with Crippen molar-refractivity contribution in [2.45, 2.75) is 45.1 Å². The van der Waals surface area contributed by atoms with Crippen molar-refractivity contribution in [2.75, 3.05) is 0 Å². The molecule has 1 amide bonds. The van der Waals surface area contributed by atoms with Crippen LogP contribution in [0.2, 0.25) is 0 Å². The van der Waals surface area contributed by atoms with E-state index >= 15 is 0 Å². The maximum atomic E-state index is 11.4. The first-order chi connectivity index (χ1) is 6.61. The van der Waals surface area contributed by atoms with Crippen molar-refractivity contribution in [1.82, 2.24) is 5.32 Å². The minimum absolute atomic E-state index is 0.193. The predicted molar refractivity (Wildman–Crippen MR) is 51.8 cm³/mol. The minimum Gasteiger partial charge on any atom is -0.481 e. The Labute approximate surface area is 83.7 Å². The Morgan fingerprint density at radius 3 is 2.36 bits per heavy atom. The topological polar surface area (TPSA) is 66.4 Å². The molecule has 0 spiro atoms. The third kappa shape index (κ3) is 3.01. The fraction of sp³-hybridized carbons (Fsp3) is 0.800. The molecule has 80 valence electrons. The van der Waals surface area contributed by atoms with Gasteiger partial charge in [0, 0.05) is 6.04 Å². The molecule has 1 atom stereocenters. The lowest BCUT2D eigenvalue weighted by Crippen LogP contribution is -2.41. The number of amides is 1. The van der Waals surface area contributed by atoms with Crippen molar-refractivity contribution in [3.8, 4) is 0 Å². The van der Waals surface area contributed by atoms with Crippen LogP contribution in [0.1, 0.15) is 39.0 Å². The van der Waals surface area contributed by atoms with Gasteiger partial charge in [0.05, 0.1) is 0 Å². The van der Waals surface area contributed by atoms with Crippen LogP contribution in [0.3, 0.4) is 0 Å². The molecule has 1 aliphatic carbocycles. The Kier molecular flexibility index (Phi) is 3.92. The van der Waals surface area contributed by atoms with Crippen LogP contribution in [0.15, 0.2) is 0 Å². The molecule has 1 fully saturated rings. The summed E-state index contributed by atoms with van der Waals surface area (Å²) in [5, 5.41) is 11.4. The van der Waals surface area contributed by atoms with Gasteiger partial charge in [0.1, 0.15) is 5.92 Å². The Hall–Kier alpha value is -1.06. The third-order valence-corrected chi connectivity index (χ3v) is 2.72. The van der Waals surface area contributed by atoms with Crippen LogP contribution in [0, 0.1) is 5.92 Å². The van der Waals surface area contributed by atoms with Crippen LogP contribution in [-0.2, 0) is 9.59 Å². The molecule has 14 heavy (non-hydrogen) atoms. The number of carbonyl (C=O) groups excluding carboxylic acids is 1. The van der Waals surface area contributed by atoms with Gasteiger partial charge in [0.2, 0.25) is 5.91 Å². The molecule has 1 rings (SSSR count). The number of hydrogen-bond acceptors (Lipinski definition) is 2. The third-order valence-electron chi connectivity index (χ3n) is 2.72. The first kappa shape index (κ1) is 11.0. The Bertz CT molecular complexity index is 221. The Balaban J connectivity index is 2.35. The second-order valence-corrected chi connectivity index (χ2v) is 3.90. The van der Waals surface area contributed by atoms with Gasteiger partial charge in [-0.2, -0.15) is 0 Å². The average molecular weight is 199 g/mol. The number of carboxylic acids is 1. The fourth-order valence-corrected chi connectivity index (χ4v) is 1.69. The molecule has 0 aromatic heterocycles. The van der Waals surface area contributed by atoms with E-state index in [1.54, 1.807) is 0 Å².